The van der Waals surface area contributed by atoms with Crippen molar-refractivity contribution >= 4 is 11.6 Å². The molecule has 112 valence electrons. The van der Waals surface area contributed by atoms with Crippen molar-refractivity contribution in [3.63, 3.8) is 0 Å². The van der Waals surface area contributed by atoms with Gasteiger partial charge in [-0.25, -0.2) is 0 Å². The Morgan fingerprint density at radius 2 is 1.75 bits per heavy atom. The Labute approximate surface area is 122 Å². The topological polar surface area (TPSA) is 49.6 Å². The van der Waals surface area contributed by atoms with Gasteiger partial charge in [0.05, 0.1) is 5.41 Å². The van der Waals surface area contributed by atoms with E-state index in [0.717, 1.165) is 11.3 Å². The zero-order valence-corrected chi connectivity index (χ0v) is 13.3. The van der Waals surface area contributed by atoms with Gasteiger partial charge in [-0.3, -0.25) is 4.79 Å². The van der Waals surface area contributed by atoms with Crippen LogP contribution in [0.15, 0.2) is 24.3 Å². The van der Waals surface area contributed by atoms with Gasteiger partial charge in [-0.2, -0.15) is 0 Å². The highest BCUT2D eigenvalue weighted by Gasteiger charge is 2.29. The van der Waals surface area contributed by atoms with Crippen LogP contribution < -0.4 is 10.6 Å². The van der Waals surface area contributed by atoms with E-state index in [-0.39, 0.29) is 5.91 Å². The van der Waals surface area contributed by atoms with Crippen molar-refractivity contribution in [3.05, 3.63) is 29.8 Å². The summed E-state index contributed by atoms with van der Waals surface area (Å²) in [6, 6.07) is 8.28. The van der Waals surface area contributed by atoms with E-state index in [1.807, 2.05) is 39.8 Å². The maximum atomic E-state index is 12.4. The molecule has 0 saturated carbocycles. The fourth-order valence-corrected chi connectivity index (χ4v) is 1.96. The predicted octanol–water partition coefficient (Wildman–Crippen LogP) is 2.09. The Kier molecular flexibility index (Phi) is 5.57. The lowest BCUT2D eigenvalue weighted by molar-refractivity contribution is -0.140. The van der Waals surface area contributed by atoms with E-state index in [1.165, 1.54) is 0 Å². The molecule has 0 spiro atoms. The summed E-state index contributed by atoms with van der Waals surface area (Å²) < 4.78 is 0. The van der Waals surface area contributed by atoms with Crippen molar-refractivity contribution in [1.82, 2.24) is 4.90 Å². The Morgan fingerprint density at radius 1 is 1.20 bits per heavy atom. The number of amides is 1. The standard InChI is InChI=1S/C16H27N3O/c1-6-19(15(20)16(2,3)12-17)11-13-7-9-14(10-8-13)18(4)5/h7-10H,6,11-12,17H2,1-5H3. The minimum absolute atomic E-state index is 0.110. The maximum absolute atomic E-state index is 12.4. The molecule has 2 N–H and O–H groups in total. The van der Waals surface area contributed by atoms with Gasteiger partial charge in [0.1, 0.15) is 0 Å². The van der Waals surface area contributed by atoms with Crippen molar-refractivity contribution in [2.45, 2.75) is 27.3 Å². The molecule has 0 aromatic heterocycles. The third-order valence-corrected chi connectivity index (χ3v) is 3.58. The minimum atomic E-state index is -0.500. The number of anilines is 1. The van der Waals surface area contributed by atoms with E-state index in [9.17, 15) is 4.79 Å². The molecule has 1 aromatic rings. The molecule has 0 saturated heterocycles. The second-order valence-corrected chi connectivity index (χ2v) is 5.97. The summed E-state index contributed by atoms with van der Waals surface area (Å²) in [4.78, 5) is 16.4. The second kappa shape index (κ2) is 6.75. The van der Waals surface area contributed by atoms with Crippen molar-refractivity contribution in [3.8, 4) is 0 Å². The van der Waals surface area contributed by atoms with Gasteiger partial charge in [0.25, 0.3) is 0 Å². The third-order valence-electron chi connectivity index (χ3n) is 3.58. The van der Waals surface area contributed by atoms with Gasteiger partial charge in [0, 0.05) is 39.4 Å². The molecule has 0 unspecified atom stereocenters. The molecule has 1 rings (SSSR count). The van der Waals surface area contributed by atoms with E-state index in [2.05, 4.69) is 29.2 Å². The molecule has 0 radical (unpaired) electrons. The van der Waals surface area contributed by atoms with Crippen LogP contribution in [0.1, 0.15) is 26.3 Å². The molecule has 1 amide bonds. The zero-order valence-electron chi connectivity index (χ0n) is 13.3. The Balaban J connectivity index is 2.81. The zero-order chi connectivity index (χ0) is 15.3. The number of hydrogen-bond donors (Lipinski definition) is 1. The first kappa shape index (κ1) is 16.5. The van der Waals surface area contributed by atoms with Crippen molar-refractivity contribution in [2.75, 3.05) is 32.1 Å². The monoisotopic (exact) mass is 277 g/mol. The highest BCUT2D eigenvalue weighted by Crippen LogP contribution is 2.20. The first-order valence-electron chi connectivity index (χ1n) is 7.07. The summed E-state index contributed by atoms with van der Waals surface area (Å²) in [5.74, 6) is 0.110. The van der Waals surface area contributed by atoms with Crippen LogP contribution in [0, 0.1) is 5.41 Å². The van der Waals surface area contributed by atoms with Crippen LogP contribution in [0.5, 0.6) is 0 Å². The molecule has 0 aliphatic rings. The van der Waals surface area contributed by atoms with E-state index in [1.54, 1.807) is 0 Å². The van der Waals surface area contributed by atoms with Crippen molar-refractivity contribution < 1.29 is 4.79 Å². The van der Waals surface area contributed by atoms with Crippen LogP contribution in [0.3, 0.4) is 0 Å². The molecule has 0 aliphatic carbocycles. The fraction of sp³-hybridized carbons (Fsp3) is 0.562. The number of nitrogens with zero attached hydrogens (tertiary/aromatic N) is 2. The molecule has 0 atom stereocenters. The summed E-state index contributed by atoms with van der Waals surface area (Å²) in [5.41, 5.74) is 7.49. The Morgan fingerprint density at radius 3 is 2.15 bits per heavy atom. The Bertz CT molecular complexity index is 438. The maximum Gasteiger partial charge on any atom is 0.229 e. The largest absolute Gasteiger partial charge is 0.378 e. The highest BCUT2D eigenvalue weighted by molar-refractivity contribution is 5.82. The average Bonchev–Trinajstić information content (AvgIpc) is 2.44. The summed E-state index contributed by atoms with van der Waals surface area (Å²) in [7, 11) is 4.03. The molecule has 0 bridgehead atoms. The van der Waals surface area contributed by atoms with Crippen LogP contribution >= 0.6 is 0 Å². The molecule has 20 heavy (non-hydrogen) atoms. The van der Waals surface area contributed by atoms with Gasteiger partial charge >= 0.3 is 0 Å². The van der Waals surface area contributed by atoms with Gasteiger partial charge in [-0.1, -0.05) is 12.1 Å². The molecule has 4 heteroatoms. The summed E-state index contributed by atoms with van der Waals surface area (Å²) in [6.45, 7) is 7.48. The smallest absolute Gasteiger partial charge is 0.229 e. The lowest BCUT2D eigenvalue weighted by Crippen LogP contribution is -2.44. The normalized spacial score (nSPS) is 11.3. The Hall–Kier alpha value is -1.55. The molecule has 1 aromatic carbocycles. The molecule has 0 aliphatic heterocycles. The van der Waals surface area contributed by atoms with Crippen molar-refractivity contribution in [2.24, 2.45) is 11.1 Å². The quantitative estimate of drug-likeness (QED) is 0.866. The van der Waals surface area contributed by atoms with E-state index in [0.29, 0.717) is 19.6 Å². The third kappa shape index (κ3) is 3.97. The van der Waals surface area contributed by atoms with Crippen LogP contribution in [-0.2, 0) is 11.3 Å². The molecular weight excluding hydrogens is 250 g/mol. The molecular formula is C16H27N3O. The van der Waals surface area contributed by atoms with Crippen LogP contribution in [0.4, 0.5) is 5.69 Å². The van der Waals surface area contributed by atoms with Crippen LogP contribution in [0.2, 0.25) is 0 Å². The lowest BCUT2D eigenvalue weighted by Gasteiger charge is -2.30. The second-order valence-electron chi connectivity index (χ2n) is 5.97. The summed E-state index contributed by atoms with van der Waals surface area (Å²) in [6.07, 6.45) is 0. The number of rotatable bonds is 6. The number of benzene rings is 1. The van der Waals surface area contributed by atoms with E-state index < -0.39 is 5.41 Å². The van der Waals surface area contributed by atoms with E-state index >= 15 is 0 Å². The van der Waals surface area contributed by atoms with E-state index in [4.69, 9.17) is 5.73 Å². The van der Waals surface area contributed by atoms with Gasteiger partial charge in [-0.15, -0.1) is 0 Å². The fourth-order valence-electron chi connectivity index (χ4n) is 1.96. The number of hydrogen-bond acceptors (Lipinski definition) is 3. The molecule has 0 fully saturated rings. The first-order chi connectivity index (χ1) is 9.31. The first-order valence-corrected chi connectivity index (χ1v) is 7.07. The van der Waals surface area contributed by atoms with Gasteiger partial charge < -0.3 is 15.5 Å². The molecule has 0 heterocycles. The SMILES string of the molecule is CCN(Cc1ccc(N(C)C)cc1)C(=O)C(C)(C)CN. The minimum Gasteiger partial charge on any atom is -0.378 e. The highest BCUT2D eigenvalue weighted by atomic mass is 16.2. The number of carbonyl (C=O) groups excluding carboxylic acids is 1. The van der Waals surface area contributed by atoms with Crippen LogP contribution in [-0.4, -0.2) is 38.0 Å². The van der Waals surface area contributed by atoms with Gasteiger partial charge in [0.2, 0.25) is 5.91 Å². The predicted molar refractivity (Wildman–Crippen MR) is 84.7 cm³/mol. The number of carbonyl (C=O) groups is 1. The lowest BCUT2D eigenvalue weighted by atomic mass is 9.91. The number of nitrogens with two attached hydrogens (primary N) is 1. The summed E-state index contributed by atoms with van der Waals surface area (Å²) in [5, 5.41) is 0. The average molecular weight is 277 g/mol. The van der Waals surface area contributed by atoms with Gasteiger partial charge in [-0.05, 0) is 38.5 Å². The van der Waals surface area contributed by atoms with Crippen LogP contribution in [0.25, 0.3) is 0 Å². The molecule has 4 nitrogen and oxygen atoms in total. The summed E-state index contributed by atoms with van der Waals surface area (Å²) >= 11 is 0. The van der Waals surface area contributed by atoms with Gasteiger partial charge in [0.15, 0.2) is 0 Å². The van der Waals surface area contributed by atoms with Crippen molar-refractivity contribution in [1.29, 1.82) is 0 Å².